The first-order chi connectivity index (χ1) is 10.8. The van der Waals surface area contributed by atoms with Gasteiger partial charge in [-0.05, 0) is 19.1 Å². The van der Waals surface area contributed by atoms with Crippen LogP contribution < -0.4 is 5.69 Å². The van der Waals surface area contributed by atoms with E-state index >= 15 is 0 Å². The van der Waals surface area contributed by atoms with Crippen molar-refractivity contribution in [3.8, 4) is 5.69 Å². The third-order valence-electron chi connectivity index (χ3n) is 4.07. The predicted octanol–water partition coefficient (Wildman–Crippen LogP) is 1.73. The summed E-state index contributed by atoms with van der Waals surface area (Å²) in [7, 11) is 0. The van der Waals surface area contributed by atoms with Gasteiger partial charge in [0.1, 0.15) is 0 Å². The van der Waals surface area contributed by atoms with Gasteiger partial charge in [0.15, 0.2) is 5.82 Å². The van der Waals surface area contributed by atoms with E-state index in [1.807, 2.05) is 52.0 Å². The van der Waals surface area contributed by atoms with Crippen LogP contribution in [-0.2, 0) is 17.9 Å². The van der Waals surface area contributed by atoms with Crippen molar-refractivity contribution in [3.63, 3.8) is 0 Å². The van der Waals surface area contributed by atoms with Gasteiger partial charge in [0.05, 0.1) is 12.2 Å². The molecule has 1 aromatic heterocycles. The van der Waals surface area contributed by atoms with Crippen molar-refractivity contribution in [2.24, 2.45) is 5.41 Å². The lowest BCUT2D eigenvalue weighted by Crippen LogP contribution is -2.45. The number of carbonyl (C=O) groups is 1. The average molecular weight is 314 g/mol. The Bertz CT molecular complexity index is 793. The Morgan fingerprint density at radius 3 is 2.39 bits per heavy atom. The monoisotopic (exact) mass is 314 g/mol. The summed E-state index contributed by atoms with van der Waals surface area (Å²) in [6, 6.07) is 7.67. The molecule has 2 aromatic rings. The van der Waals surface area contributed by atoms with Gasteiger partial charge >= 0.3 is 5.69 Å². The summed E-state index contributed by atoms with van der Waals surface area (Å²) in [6.45, 7) is 9.13. The van der Waals surface area contributed by atoms with Crippen molar-refractivity contribution in [2.75, 3.05) is 6.54 Å². The second kappa shape index (κ2) is 5.37. The summed E-state index contributed by atoms with van der Waals surface area (Å²) in [5.74, 6) is 0.723. The zero-order chi connectivity index (χ0) is 16.8. The minimum absolute atomic E-state index is 0.0843. The highest BCUT2D eigenvalue weighted by Crippen LogP contribution is 2.20. The van der Waals surface area contributed by atoms with Crippen LogP contribution in [0.15, 0.2) is 29.1 Å². The summed E-state index contributed by atoms with van der Waals surface area (Å²) in [5.41, 5.74) is 1.30. The number of fused-ring (bicyclic) bond motifs is 1. The lowest BCUT2D eigenvalue weighted by molar-refractivity contribution is -0.141. The van der Waals surface area contributed by atoms with Crippen LogP contribution in [0.4, 0.5) is 0 Å². The number of amides is 1. The summed E-state index contributed by atoms with van der Waals surface area (Å²) in [5, 5.41) is 4.44. The largest absolute Gasteiger partial charge is 0.350 e. The average Bonchev–Trinajstić information content (AvgIpc) is 2.83. The molecule has 0 aliphatic carbocycles. The minimum atomic E-state index is -0.429. The summed E-state index contributed by atoms with van der Waals surface area (Å²) < 4.78 is 3.08. The molecule has 0 spiro atoms. The van der Waals surface area contributed by atoms with Crippen LogP contribution in [0.3, 0.4) is 0 Å². The van der Waals surface area contributed by atoms with Gasteiger partial charge in [-0.25, -0.2) is 4.79 Å². The van der Waals surface area contributed by atoms with Crippen LogP contribution in [0.5, 0.6) is 0 Å². The Kier molecular flexibility index (Phi) is 3.62. The normalized spacial score (nSPS) is 14.7. The smallest absolute Gasteiger partial charge is 0.333 e. The van der Waals surface area contributed by atoms with Gasteiger partial charge in [0, 0.05) is 18.5 Å². The van der Waals surface area contributed by atoms with E-state index in [9.17, 15) is 9.59 Å². The molecule has 2 heterocycles. The van der Waals surface area contributed by atoms with Crippen LogP contribution in [0.1, 0.15) is 32.2 Å². The van der Waals surface area contributed by atoms with Crippen LogP contribution in [0.2, 0.25) is 0 Å². The van der Waals surface area contributed by atoms with Gasteiger partial charge in [-0.15, -0.1) is 5.10 Å². The van der Waals surface area contributed by atoms with E-state index in [4.69, 9.17) is 0 Å². The Morgan fingerprint density at radius 2 is 1.78 bits per heavy atom. The van der Waals surface area contributed by atoms with Crippen molar-refractivity contribution < 1.29 is 4.79 Å². The number of aryl methyl sites for hydroxylation is 1. The zero-order valence-corrected chi connectivity index (χ0v) is 14.0. The Hall–Kier alpha value is -2.37. The first kappa shape index (κ1) is 15.5. The van der Waals surface area contributed by atoms with Crippen molar-refractivity contribution in [3.05, 3.63) is 46.1 Å². The third-order valence-corrected chi connectivity index (χ3v) is 4.07. The van der Waals surface area contributed by atoms with Crippen molar-refractivity contribution in [1.29, 1.82) is 0 Å². The molecule has 6 nitrogen and oxygen atoms in total. The maximum Gasteiger partial charge on any atom is 0.350 e. The topological polar surface area (TPSA) is 60.1 Å². The Labute approximate surface area is 135 Å². The highest BCUT2D eigenvalue weighted by Gasteiger charge is 2.31. The standard InChI is InChI=1S/C17H22N4O2/c1-12-5-7-13(8-6-12)21-16(23)20-10-9-19(11-14(20)18-21)15(22)17(2,3)4/h5-8H,9-11H2,1-4H3. The minimum Gasteiger partial charge on any atom is -0.333 e. The number of hydrogen-bond donors (Lipinski definition) is 0. The van der Waals surface area contributed by atoms with Crippen molar-refractivity contribution in [2.45, 2.75) is 40.8 Å². The van der Waals surface area contributed by atoms with Crippen molar-refractivity contribution >= 4 is 5.91 Å². The summed E-state index contributed by atoms with van der Waals surface area (Å²) in [6.07, 6.45) is 0. The molecule has 0 bridgehead atoms. The van der Waals surface area contributed by atoms with E-state index in [0.717, 1.165) is 11.3 Å². The second-order valence-electron chi connectivity index (χ2n) is 7.07. The molecule has 0 saturated carbocycles. The predicted molar refractivity (Wildman–Crippen MR) is 87.4 cm³/mol. The van der Waals surface area contributed by atoms with E-state index in [-0.39, 0.29) is 11.6 Å². The molecule has 1 aliphatic rings. The molecule has 23 heavy (non-hydrogen) atoms. The van der Waals surface area contributed by atoms with Gasteiger partial charge in [0.2, 0.25) is 5.91 Å². The molecule has 122 valence electrons. The number of nitrogens with zero attached hydrogens (tertiary/aromatic N) is 4. The van der Waals surface area contributed by atoms with E-state index in [2.05, 4.69) is 5.10 Å². The lowest BCUT2D eigenvalue weighted by Gasteiger charge is -2.31. The molecular weight excluding hydrogens is 292 g/mol. The highest BCUT2D eigenvalue weighted by atomic mass is 16.2. The van der Waals surface area contributed by atoms with Crippen LogP contribution in [-0.4, -0.2) is 31.7 Å². The van der Waals surface area contributed by atoms with Crippen LogP contribution in [0.25, 0.3) is 5.69 Å². The number of benzene rings is 1. The van der Waals surface area contributed by atoms with E-state index in [1.54, 1.807) is 9.47 Å². The SMILES string of the molecule is Cc1ccc(-n2nc3n(c2=O)CCN(C(=O)C(C)(C)C)C3)cc1. The molecule has 0 atom stereocenters. The molecule has 0 N–H and O–H groups in total. The zero-order valence-electron chi connectivity index (χ0n) is 14.0. The van der Waals surface area contributed by atoms with Gasteiger partial charge in [0.25, 0.3) is 0 Å². The molecule has 3 rings (SSSR count). The number of hydrogen-bond acceptors (Lipinski definition) is 3. The third kappa shape index (κ3) is 2.81. The molecule has 0 fully saturated rings. The maximum absolute atomic E-state index is 12.5. The van der Waals surface area contributed by atoms with E-state index < -0.39 is 5.41 Å². The van der Waals surface area contributed by atoms with Crippen LogP contribution >= 0.6 is 0 Å². The first-order valence-corrected chi connectivity index (χ1v) is 7.82. The summed E-state index contributed by atoms with van der Waals surface area (Å²) >= 11 is 0. The number of rotatable bonds is 1. The quantitative estimate of drug-likeness (QED) is 0.805. The molecule has 1 aliphatic heterocycles. The van der Waals surface area contributed by atoms with E-state index in [0.29, 0.717) is 25.5 Å². The molecule has 1 aromatic carbocycles. The van der Waals surface area contributed by atoms with Gasteiger partial charge < -0.3 is 4.90 Å². The Balaban J connectivity index is 1.93. The molecular formula is C17H22N4O2. The lowest BCUT2D eigenvalue weighted by atomic mass is 9.94. The molecule has 0 unspecified atom stereocenters. The van der Waals surface area contributed by atoms with E-state index in [1.165, 1.54) is 4.68 Å². The molecule has 6 heteroatoms. The van der Waals surface area contributed by atoms with Gasteiger partial charge in [-0.1, -0.05) is 38.5 Å². The van der Waals surface area contributed by atoms with Crippen molar-refractivity contribution in [1.82, 2.24) is 19.2 Å². The number of carbonyl (C=O) groups excluding carboxylic acids is 1. The fraction of sp³-hybridized carbons (Fsp3) is 0.471. The molecule has 0 radical (unpaired) electrons. The maximum atomic E-state index is 12.5. The summed E-state index contributed by atoms with van der Waals surface area (Å²) in [4.78, 5) is 26.7. The fourth-order valence-electron chi connectivity index (χ4n) is 2.75. The second-order valence-corrected chi connectivity index (χ2v) is 7.07. The van der Waals surface area contributed by atoms with Gasteiger partial charge in [-0.2, -0.15) is 4.68 Å². The number of aromatic nitrogens is 3. The fourth-order valence-corrected chi connectivity index (χ4v) is 2.75. The Morgan fingerprint density at radius 1 is 1.13 bits per heavy atom. The highest BCUT2D eigenvalue weighted by molar-refractivity contribution is 5.81. The first-order valence-electron chi connectivity index (χ1n) is 7.82. The molecule has 0 saturated heterocycles. The van der Waals surface area contributed by atoms with Gasteiger partial charge in [-0.3, -0.25) is 9.36 Å². The van der Waals surface area contributed by atoms with Crippen LogP contribution in [0, 0.1) is 12.3 Å². The molecule has 1 amide bonds.